The molecule has 33 heavy (non-hydrogen) atoms. The summed E-state index contributed by atoms with van der Waals surface area (Å²) in [5.41, 5.74) is 0.170. The van der Waals surface area contributed by atoms with E-state index in [-0.39, 0.29) is 12.2 Å². The molecule has 4 rings (SSSR count). The molecule has 2 aromatic carbocycles. The van der Waals surface area contributed by atoms with Crippen LogP contribution in [0.2, 0.25) is 0 Å². The average Bonchev–Trinajstić information content (AvgIpc) is 3.35. The monoisotopic (exact) mass is 524 g/mol. The number of benzene rings is 2. The number of rotatable bonds is 5. The number of nitrogens with one attached hydrogen (secondary N) is 1. The van der Waals surface area contributed by atoms with Crippen LogP contribution in [-0.2, 0) is 9.53 Å². The zero-order valence-corrected chi connectivity index (χ0v) is 21.1. The van der Waals surface area contributed by atoms with Crippen molar-refractivity contribution in [3.8, 4) is 6.07 Å². The Bertz CT molecular complexity index is 1240. The van der Waals surface area contributed by atoms with E-state index in [2.05, 4.69) is 27.0 Å². The standard InChI is InChI=1S/C26H25BrN2O3S/c1-25(2,3)32-22(30)12-17-14-33-24(16-8-10-18(27)11-9-16)26(17,15-28)23(31)20-13-29-21-7-5-4-6-19(20)21/h4-11,13,17,24,29H,12,14H2,1-3H3/t17-,24+,26+/m1/s1. The third-order valence-corrected chi connectivity index (χ3v) is 8.02. The summed E-state index contributed by atoms with van der Waals surface area (Å²) in [6.07, 6.45) is 1.69. The number of ether oxygens (including phenoxy) is 1. The predicted molar refractivity (Wildman–Crippen MR) is 134 cm³/mol. The van der Waals surface area contributed by atoms with Gasteiger partial charge in [0.2, 0.25) is 0 Å². The molecule has 0 amide bonds. The number of halogens is 1. The minimum Gasteiger partial charge on any atom is -0.460 e. The van der Waals surface area contributed by atoms with Crippen molar-refractivity contribution in [2.24, 2.45) is 11.3 Å². The SMILES string of the molecule is CC(C)(C)OC(=O)C[C@@H]1CS[C@@H](c2ccc(Br)cc2)[C@]1(C#N)C(=O)c1c[nH]c2ccccc12. The van der Waals surface area contributed by atoms with Crippen molar-refractivity contribution in [2.75, 3.05) is 5.75 Å². The number of aromatic amines is 1. The Labute approximate surface area is 206 Å². The fourth-order valence-corrected chi connectivity index (χ4v) is 6.51. The summed E-state index contributed by atoms with van der Waals surface area (Å²) in [6, 6.07) is 17.7. The van der Waals surface area contributed by atoms with Crippen LogP contribution in [0.3, 0.4) is 0 Å². The first-order valence-electron chi connectivity index (χ1n) is 10.8. The second-order valence-corrected chi connectivity index (χ2v) is 11.4. The van der Waals surface area contributed by atoms with Gasteiger partial charge in [0.25, 0.3) is 0 Å². The van der Waals surface area contributed by atoms with E-state index in [0.717, 1.165) is 20.9 Å². The molecule has 0 spiro atoms. The molecular formula is C26H25BrN2O3S. The Morgan fingerprint density at radius 1 is 1.21 bits per heavy atom. The topological polar surface area (TPSA) is 82.9 Å². The number of thioether (sulfide) groups is 1. The number of nitrogens with zero attached hydrogens (tertiary/aromatic N) is 1. The first-order chi connectivity index (χ1) is 15.7. The molecule has 0 radical (unpaired) electrons. The Balaban J connectivity index is 1.80. The molecule has 2 heterocycles. The fourth-order valence-electron chi connectivity index (χ4n) is 4.48. The van der Waals surface area contributed by atoms with Crippen molar-refractivity contribution < 1.29 is 14.3 Å². The van der Waals surface area contributed by atoms with Crippen LogP contribution in [0.1, 0.15) is 48.4 Å². The molecule has 1 aromatic heterocycles. The van der Waals surface area contributed by atoms with E-state index < -0.39 is 28.2 Å². The van der Waals surface area contributed by atoms with Crippen molar-refractivity contribution in [1.82, 2.24) is 4.98 Å². The van der Waals surface area contributed by atoms with Gasteiger partial charge >= 0.3 is 5.97 Å². The molecule has 3 atom stereocenters. The molecule has 0 bridgehead atoms. The molecule has 3 aromatic rings. The van der Waals surface area contributed by atoms with Crippen LogP contribution in [0.4, 0.5) is 0 Å². The van der Waals surface area contributed by atoms with Gasteiger partial charge in [-0.3, -0.25) is 9.59 Å². The molecular weight excluding hydrogens is 500 g/mol. The van der Waals surface area contributed by atoms with Crippen LogP contribution in [0.15, 0.2) is 59.2 Å². The Kier molecular flexibility index (Phi) is 6.43. The normalized spacial score (nSPS) is 22.8. The van der Waals surface area contributed by atoms with Crippen LogP contribution in [-0.4, -0.2) is 28.1 Å². The lowest BCUT2D eigenvalue weighted by atomic mass is 9.67. The van der Waals surface area contributed by atoms with E-state index in [1.54, 1.807) is 18.0 Å². The van der Waals surface area contributed by atoms with Gasteiger partial charge in [-0.1, -0.05) is 46.3 Å². The number of nitriles is 1. The van der Waals surface area contributed by atoms with Crippen molar-refractivity contribution in [3.63, 3.8) is 0 Å². The first kappa shape index (κ1) is 23.6. The van der Waals surface area contributed by atoms with Gasteiger partial charge in [0, 0.05) is 33.1 Å². The average molecular weight is 525 g/mol. The van der Waals surface area contributed by atoms with Crippen LogP contribution in [0, 0.1) is 22.7 Å². The third-order valence-electron chi connectivity index (χ3n) is 5.92. The summed E-state index contributed by atoms with van der Waals surface area (Å²) >= 11 is 5.01. The highest BCUT2D eigenvalue weighted by atomic mass is 79.9. The second kappa shape index (κ2) is 9.00. The maximum Gasteiger partial charge on any atom is 0.306 e. The highest BCUT2D eigenvalue weighted by Crippen LogP contribution is 2.59. The maximum absolute atomic E-state index is 14.2. The van der Waals surface area contributed by atoms with Gasteiger partial charge in [0.05, 0.1) is 17.7 Å². The summed E-state index contributed by atoms with van der Waals surface area (Å²) in [5, 5.41) is 11.0. The Morgan fingerprint density at radius 3 is 2.58 bits per heavy atom. The number of aromatic nitrogens is 1. The zero-order chi connectivity index (χ0) is 23.8. The minimum atomic E-state index is -1.40. The quantitative estimate of drug-likeness (QED) is 0.305. The number of H-pyrrole nitrogens is 1. The highest BCUT2D eigenvalue weighted by Gasteiger charge is 2.58. The van der Waals surface area contributed by atoms with Crippen molar-refractivity contribution in [1.29, 1.82) is 5.26 Å². The van der Waals surface area contributed by atoms with Gasteiger partial charge in [-0.25, -0.2) is 0 Å². The number of para-hydroxylation sites is 1. The van der Waals surface area contributed by atoms with Gasteiger partial charge < -0.3 is 9.72 Å². The number of fused-ring (bicyclic) bond motifs is 1. The predicted octanol–water partition coefficient (Wildman–Crippen LogP) is 6.46. The minimum absolute atomic E-state index is 0.0129. The van der Waals surface area contributed by atoms with E-state index in [1.165, 1.54) is 0 Å². The van der Waals surface area contributed by atoms with Crippen LogP contribution in [0.25, 0.3) is 10.9 Å². The smallest absolute Gasteiger partial charge is 0.306 e. The summed E-state index contributed by atoms with van der Waals surface area (Å²) in [6.45, 7) is 5.44. The molecule has 1 aliphatic heterocycles. The number of hydrogen-bond donors (Lipinski definition) is 1. The van der Waals surface area contributed by atoms with Gasteiger partial charge in [-0.15, -0.1) is 0 Å². The Hall–Kier alpha value is -2.56. The van der Waals surface area contributed by atoms with Gasteiger partial charge in [0.15, 0.2) is 5.78 Å². The molecule has 1 saturated heterocycles. The van der Waals surface area contributed by atoms with E-state index in [4.69, 9.17) is 4.74 Å². The molecule has 170 valence electrons. The molecule has 7 heteroatoms. The van der Waals surface area contributed by atoms with Crippen LogP contribution in [0.5, 0.6) is 0 Å². The van der Waals surface area contributed by atoms with E-state index in [1.807, 2.05) is 69.3 Å². The summed E-state index contributed by atoms with van der Waals surface area (Å²) in [5.74, 6) is -0.608. The molecule has 1 aliphatic rings. The van der Waals surface area contributed by atoms with E-state index in [9.17, 15) is 14.9 Å². The number of carbonyl (C=O) groups is 2. The van der Waals surface area contributed by atoms with Crippen LogP contribution >= 0.6 is 27.7 Å². The van der Waals surface area contributed by atoms with Crippen LogP contribution < -0.4 is 0 Å². The van der Waals surface area contributed by atoms with Crippen molar-refractivity contribution in [3.05, 3.63) is 70.3 Å². The maximum atomic E-state index is 14.2. The van der Waals surface area contributed by atoms with Crippen molar-refractivity contribution in [2.45, 2.75) is 38.0 Å². The second-order valence-electron chi connectivity index (χ2n) is 9.31. The number of ketones is 1. The van der Waals surface area contributed by atoms with Gasteiger partial charge in [-0.2, -0.15) is 17.0 Å². The lowest BCUT2D eigenvalue weighted by Crippen LogP contribution is -2.40. The fraction of sp³-hybridized carbons (Fsp3) is 0.346. The van der Waals surface area contributed by atoms with Gasteiger partial charge in [0.1, 0.15) is 11.0 Å². The highest BCUT2D eigenvalue weighted by molar-refractivity contribution is 9.10. The molecule has 0 aliphatic carbocycles. The number of Topliss-reactive ketones (excluding diaryl/α,β-unsaturated/α-hetero) is 1. The van der Waals surface area contributed by atoms with Gasteiger partial charge in [-0.05, 0) is 50.3 Å². The van der Waals surface area contributed by atoms with Crippen molar-refractivity contribution >= 4 is 50.3 Å². The van der Waals surface area contributed by atoms with E-state index in [0.29, 0.717) is 11.3 Å². The molecule has 1 fully saturated rings. The lowest BCUT2D eigenvalue weighted by molar-refractivity contribution is -0.156. The first-order valence-corrected chi connectivity index (χ1v) is 12.6. The molecule has 1 N–H and O–H groups in total. The number of hydrogen-bond acceptors (Lipinski definition) is 5. The lowest BCUT2D eigenvalue weighted by Gasteiger charge is -2.32. The molecule has 0 saturated carbocycles. The third kappa shape index (κ3) is 4.47. The molecule has 5 nitrogen and oxygen atoms in total. The zero-order valence-electron chi connectivity index (χ0n) is 18.7. The summed E-state index contributed by atoms with van der Waals surface area (Å²) in [7, 11) is 0. The molecule has 0 unspecified atom stereocenters. The number of carbonyl (C=O) groups excluding carboxylic acids is 2. The summed E-state index contributed by atoms with van der Waals surface area (Å²) in [4.78, 5) is 30.1. The number of esters is 1. The van der Waals surface area contributed by atoms with E-state index >= 15 is 0 Å². The summed E-state index contributed by atoms with van der Waals surface area (Å²) < 4.78 is 6.47. The largest absolute Gasteiger partial charge is 0.460 e. The Morgan fingerprint density at radius 2 is 1.91 bits per heavy atom.